The Hall–Kier alpha value is -3.17. The minimum Gasteiger partial charge on any atom is -0.504 e. The first kappa shape index (κ1) is 37.1. The van der Waals surface area contributed by atoms with Crippen molar-refractivity contribution in [2.45, 2.75) is 152 Å². The van der Waals surface area contributed by atoms with Crippen LogP contribution < -0.4 is 4.74 Å². The van der Waals surface area contributed by atoms with E-state index >= 15 is 0 Å². The second kappa shape index (κ2) is 16.7. The van der Waals surface area contributed by atoms with Crippen LogP contribution in [-0.4, -0.2) is 69.3 Å². The first-order valence-electron chi connectivity index (χ1n) is 18.9. The van der Waals surface area contributed by atoms with Gasteiger partial charge in [0, 0.05) is 30.9 Å². The van der Waals surface area contributed by atoms with Crippen molar-refractivity contribution in [3.05, 3.63) is 47.2 Å². The van der Waals surface area contributed by atoms with Crippen LogP contribution in [0.1, 0.15) is 134 Å². The van der Waals surface area contributed by atoms with Crippen LogP contribution in [0.2, 0.25) is 0 Å². The Morgan fingerprint density at radius 2 is 1.67 bits per heavy atom. The van der Waals surface area contributed by atoms with Crippen molar-refractivity contribution in [3.8, 4) is 11.5 Å². The standard InChI is InChI=1S/C40H57NO8/c1-3-4-5-6-7-8-9-10-11-12-13-14-15-16-17-18-30(42)25-29(27-34(44)45)38(46)48-32-21-22-40(47)33-26-28-19-20-31(43)36-35(28)39(40,37(32)49-36)23-24-41(33)2/h10-11,19-21,29,33,37,43,47H,3-9,12-18,22-27H2,1-2H3,(H,44,45)/b11-10-/t29?,33-,37+,39+,40-/m1/s1. The molecular formula is C40H57NO8. The number of carbonyl (C=O) groups excluding carboxylic acids is 2. The molecule has 9 heteroatoms. The second-order valence-corrected chi connectivity index (χ2v) is 14.9. The summed E-state index contributed by atoms with van der Waals surface area (Å²) in [5, 5.41) is 32.6. The third kappa shape index (κ3) is 7.93. The van der Waals surface area contributed by atoms with Crippen LogP contribution in [-0.2, 0) is 31.0 Å². The summed E-state index contributed by atoms with van der Waals surface area (Å²) in [5.74, 6) is -2.74. The van der Waals surface area contributed by atoms with Crippen LogP contribution in [0.4, 0.5) is 0 Å². The highest BCUT2D eigenvalue weighted by Crippen LogP contribution is 2.65. The first-order valence-corrected chi connectivity index (χ1v) is 18.9. The molecule has 2 aliphatic heterocycles. The summed E-state index contributed by atoms with van der Waals surface area (Å²) in [6.45, 7) is 2.93. The number of aromatic hydroxyl groups is 1. The van der Waals surface area contributed by atoms with Gasteiger partial charge in [0.05, 0.1) is 23.4 Å². The molecule has 0 radical (unpaired) electrons. The fraction of sp³-hybridized carbons (Fsp3) is 0.675. The van der Waals surface area contributed by atoms with Gasteiger partial charge in [-0.25, -0.2) is 0 Å². The molecule has 1 saturated heterocycles. The van der Waals surface area contributed by atoms with Gasteiger partial charge in [0.2, 0.25) is 0 Å². The van der Waals surface area contributed by atoms with E-state index in [0.717, 1.165) is 43.2 Å². The average Bonchev–Trinajstić information content (AvgIpc) is 3.43. The zero-order valence-electron chi connectivity index (χ0n) is 29.6. The minimum atomic E-state index is -1.20. The van der Waals surface area contributed by atoms with Gasteiger partial charge in [-0.1, -0.05) is 76.5 Å². The maximum Gasteiger partial charge on any atom is 0.315 e. The molecule has 1 fully saturated rings. The van der Waals surface area contributed by atoms with E-state index in [4.69, 9.17) is 9.47 Å². The number of hydrogen-bond acceptors (Lipinski definition) is 8. The van der Waals surface area contributed by atoms with Gasteiger partial charge in [-0.05, 0) is 76.2 Å². The number of phenols is 1. The van der Waals surface area contributed by atoms with Crippen LogP contribution in [0.3, 0.4) is 0 Å². The number of esters is 1. The summed E-state index contributed by atoms with van der Waals surface area (Å²) < 4.78 is 12.3. The summed E-state index contributed by atoms with van der Waals surface area (Å²) in [5.41, 5.74) is -0.345. The molecule has 1 aromatic rings. The van der Waals surface area contributed by atoms with Crippen molar-refractivity contribution in [2.24, 2.45) is 5.92 Å². The SMILES string of the molecule is CCCCCCCC/C=C\CCCCCCCC(=O)CC(CC(=O)O)C(=O)OC1=CC[C@@]2(O)[C@H]3Cc4ccc(O)c5c4[C@@]2(CCN3C)[C@H]1O5. The zero-order chi connectivity index (χ0) is 35.0. The predicted octanol–water partition coefficient (Wildman–Crippen LogP) is 7.30. The Labute approximate surface area is 291 Å². The van der Waals surface area contributed by atoms with E-state index in [1.165, 1.54) is 44.9 Å². The van der Waals surface area contributed by atoms with E-state index in [1.54, 1.807) is 12.1 Å². The molecule has 5 rings (SSSR count). The van der Waals surface area contributed by atoms with Gasteiger partial charge in [-0.3, -0.25) is 14.4 Å². The monoisotopic (exact) mass is 679 g/mol. The molecule has 2 heterocycles. The number of aliphatic hydroxyl groups is 1. The lowest BCUT2D eigenvalue weighted by Gasteiger charge is -2.61. The van der Waals surface area contributed by atoms with Crippen LogP contribution >= 0.6 is 0 Å². The van der Waals surface area contributed by atoms with Gasteiger partial charge >= 0.3 is 11.9 Å². The van der Waals surface area contributed by atoms with Crippen molar-refractivity contribution >= 4 is 17.7 Å². The van der Waals surface area contributed by atoms with Gasteiger partial charge in [0.25, 0.3) is 0 Å². The number of ether oxygens (including phenoxy) is 2. The van der Waals surface area contributed by atoms with Gasteiger partial charge in [0.1, 0.15) is 11.5 Å². The Kier molecular flexibility index (Phi) is 12.6. The number of piperidine rings is 1. The largest absolute Gasteiger partial charge is 0.504 e. The molecule has 5 atom stereocenters. The number of likely N-dealkylation sites (N-methyl/N-ethyl adjacent to an activating group) is 1. The summed E-state index contributed by atoms with van der Waals surface area (Å²) >= 11 is 0. The van der Waals surface area contributed by atoms with Crippen molar-refractivity contribution in [2.75, 3.05) is 13.6 Å². The molecule has 1 unspecified atom stereocenters. The van der Waals surface area contributed by atoms with Crippen LogP contribution in [0.25, 0.3) is 0 Å². The molecule has 1 spiro atoms. The molecule has 4 aliphatic rings. The first-order chi connectivity index (χ1) is 23.6. The number of carboxylic acids is 1. The van der Waals surface area contributed by atoms with E-state index < -0.39 is 41.4 Å². The number of allylic oxidation sites excluding steroid dienone is 2. The lowest BCUT2D eigenvalue weighted by molar-refractivity contribution is -0.171. The smallest absolute Gasteiger partial charge is 0.315 e. The number of nitrogens with zero attached hydrogens (tertiary/aromatic N) is 1. The lowest BCUT2D eigenvalue weighted by atomic mass is 9.50. The third-order valence-electron chi connectivity index (χ3n) is 11.5. The molecule has 0 saturated carbocycles. The van der Waals surface area contributed by atoms with Crippen molar-refractivity contribution in [3.63, 3.8) is 0 Å². The number of Topliss-reactive ketones (excluding diaryl/α,β-unsaturated/α-hetero) is 1. The number of likely N-dealkylation sites (tertiary alicyclic amines) is 1. The third-order valence-corrected chi connectivity index (χ3v) is 11.5. The topological polar surface area (TPSA) is 134 Å². The fourth-order valence-corrected chi connectivity index (χ4v) is 8.86. The van der Waals surface area contributed by atoms with Gasteiger partial charge in [0.15, 0.2) is 17.6 Å². The number of aliphatic carboxylic acids is 1. The van der Waals surface area contributed by atoms with Gasteiger partial charge in [-0.15, -0.1) is 0 Å². The molecule has 270 valence electrons. The normalized spacial score (nSPS) is 25.8. The quantitative estimate of drug-likeness (QED) is 0.0695. The molecule has 9 nitrogen and oxygen atoms in total. The number of rotatable bonds is 21. The zero-order valence-corrected chi connectivity index (χ0v) is 29.6. The van der Waals surface area contributed by atoms with E-state index in [9.17, 15) is 29.7 Å². The summed E-state index contributed by atoms with van der Waals surface area (Å²) in [7, 11) is 2.00. The highest BCUT2D eigenvalue weighted by Gasteiger charge is 2.72. The number of phenolic OH excluding ortho intramolecular Hbond substituents is 1. The maximum absolute atomic E-state index is 13.5. The minimum absolute atomic E-state index is 0.0297. The Bertz CT molecular complexity index is 1400. The number of carbonyl (C=O) groups is 3. The Morgan fingerprint density at radius 1 is 1.00 bits per heavy atom. The summed E-state index contributed by atoms with van der Waals surface area (Å²) in [4.78, 5) is 40.3. The lowest BCUT2D eigenvalue weighted by Crippen LogP contribution is -2.74. The number of hydrogen-bond donors (Lipinski definition) is 3. The van der Waals surface area contributed by atoms with E-state index in [2.05, 4.69) is 24.0 Å². The molecule has 0 aromatic heterocycles. The highest BCUT2D eigenvalue weighted by atomic mass is 16.6. The fourth-order valence-electron chi connectivity index (χ4n) is 8.86. The molecule has 1 aromatic carbocycles. The molecule has 2 aliphatic carbocycles. The number of ketones is 1. The van der Waals surface area contributed by atoms with Crippen molar-refractivity contribution < 1.29 is 39.2 Å². The molecular weight excluding hydrogens is 622 g/mol. The highest BCUT2D eigenvalue weighted by molar-refractivity contribution is 5.87. The molecule has 3 N–H and O–H groups in total. The summed E-state index contributed by atoms with van der Waals surface area (Å²) in [6, 6.07) is 3.29. The number of benzene rings is 1. The van der Waals surface area contributed by atoms with Gasteiger partial charge in [-0.2, -0.15) is 0 Å². The number of unbranched alkanes of at least 4 members (excludes halogenated alkanes) is 11. The Balaban J connectivity index is 1.10. The van der Waals surface area contributed by atoms with Gasteiger partial charge < -0.3 is 29.7 Å². The summed E-state index contributed by atoms with van der Waals surface area (Å²) in [6.07, 6.45) is 21.5. The van der Waals surface area contributed by atoms with E-state index in [-0.39, 0.29) is 36.2 Å². The molecule has 49 heavy (non-hydrogen) atoms. The Morgan fingerprint density at radius 3 is 2.37 bits per heavy atom. The van der Waals surface area contributed by atoms with Crippen LogP contribution in [0.5, 0.6) is 11.5 Å². The van der Waals surface area contributed by atoms with E-state index in [1.807, 2.05) is 13.1 Å². The average molecular weight is 680 g/mol. The van der Waals surface area contributed by atoms with Crippen molar-refractivity contribution in [1.29, 1.82) is 0 Å². The second-order valence-electron chi connectivity index (χ2n) is 14.9. The van der Waals surface area contributed by atoms with E-state index in [0.29, 0.717) is 38.0 Å². The predicted molar refractivity (Wildman–Crippen MR) is 188 cm³/mol. The maximum atomic E-state index is 13.5. The number of carboxylic acid groups (broad SMARTS) is 1. The van der Waals surface area contributed by atoms with Crippen molar-refractivity contribution in [1.82, 2.24) is 4.90 Å². The van der Waals surface area contributed by atoms with Crippen LogP contribution in [0.15, 0.2) is 36.1 Å². The van der Waals surface area contributed by atoms with Crippen LogP contribution in [0, 0.1) is 5.92 Å². The molecule has 2 bridgehead atoms. The molecule has 0 amide bonds.